The number of piperazine rings is 1. The Morgan fingerprint density at radius 1 is 0.926 bits per heavy atom. The van der Waals surface area contributed by atoms with Crippen molar-refractivity contribution in [1.29, 1.82) is 0 Å². The summed E-state index contributed by atoms with van der Waals surface area (Å²) < 4.78 is 2.31. The number of hydrogen-bond donors (Lipinski definition) is 1. The van der Waals surface area contributed by atoms with Crippen molar-refractivity contribution in [1.82, 2.24) is 19.4 Å². The number of aliphatic hydroxyl groups excluding tert-OH is 1. The molecule has 142 valence electrons. The lowest BCUT2D eigenvalue weighted by atomic mass is 10.2. The molecule has 0 saturated carbocycles. The highest BCUT2D eigenvalue weighted by Gasteiger charge is 2.19. The van der Waals surface area contributed by atoms with Crippen molar-refractivity contribution in [3.8, 4) is 0 Å². The van der Waals surface area contributed by atoms with E-state index in [9.17, 15) is 0 Å². The first-order valence-corrected chi connectivity index (χ1v) is 9.85. The minimum absolute atomic E-state index is 0.230. The molecule has 1 aliphatic rings. The summed E-state index contributed by atoms with van der Waals surface area (Å²) in [5, 5.41) is 9.84. The number of halogens is 1. The van der Waals surface area contributed by atoms with Gasteiger partial charge in [0.1, 0.15) is 5.82 Å². The number of aromatic nitrogens is 2. The van der Waals surface area contributed by atoms with Crippen LogP contribution in [-0.4, -0.2) is 63.8 Å². The van der Waals surface area contributed by atoms with Gasteiger partial charge in [-0.15, -0.1) is 0 Å². The van der Waals surface area contributed by atoms with Crippen molar-refractivity contribution >= 4 is 22.6 Å². The molecule has 1 aromatic heterocycles. The molecule has 0 radical (unpaired) electrons. The van der Waals surface area contributed by atoms with Gasteiger partial charge in [0.25, 0.3) is 0 Å². The number of hydrogen-bond acceptors (Lipinski definition) is 4. The maximum Gasteiger partial charge on any atom is 0.124 e. The van der Waals surface area contributed by atoms with Crippen LogP contribution in [0.4, 0.5) is 0 Å². The molecule has 1 aliphatic heterocycles. The molecular weight excluding hydrogens is 360 g/mol. The second-order valence-corrected chi connectivity index (χ2v) is 7.51. The van der Waals surface area contributed by atoms with Crippen LogP contribution in [0, 0.1) is 0 Å². The van der Waals surface area contributed by atoms with Crippen LogP contribution in [-0.2, 0) is 13.1 Å². The van der Waals surface area contributed by atoms with Crippen LogP contribution in [0.2, 0.25) is 5.02 Å². The normalized spacial score (nSPS) is 16.2. The molecule has 2 aromatic carbocycles. The number of β-amino-alcohol motifs (C(OH)–C–C–N with tert-alkyl or cyclic N) is 1. The van der Waals surface area contributed by atoms with Gasteiger partial charge in [-0.2, -0.15) is 0 Å². The third-order valence-corrected chi connectivity index (χ3v) is 5.45. The van der Waals surface area contributed by atoms with Crippen LogP contribution in [0.15, 0.2) is 48.5 Å². The van der Waals surface area contributed by atoms with Crippen LogP contribution in [0.5, 0.6) is 0 Å². The zero-order chi connectivity index (χ0) is 18.6. The summed E-state index contributed by atoms with van der Waals surface area (Å²) in [4.78, 5) is 9.65. The van der Waals surface area contributed by atoms with Crippen LogP contribution in [0.25, 0.3) is 11.0 Å². The van der Waals surface area contributed by atoms with Crippen molar-refractivity contribution in [2.45, 2.75) is 13.1 Å². The van der Waals surface area contributed by atoms with Gasteiger partial charge >= 0.3 is 0 Å². The fourth-order valence-electron chi connectivity index (χ4n) is 3.73. The largest absolute Gasteiger partial charge is 0.395 e. The van der Waals surface area contributed by atoms with E-state index < -0.39 is 0 Å². The quantitative estimate of drug-likeness (QED) is 0.709. The van der Waals surface area contributed by atoms with Gasteiger partial charge in [-0.05, 0) is 23.8 Å². The molecule has 1 fully saturated rings. The molecule has 6 heteroatoms. The summed E-state index contributed by atoms with van der Waals surface area (Å²) >= 11 is 6.19. The van der Waals surface area contributed by atoms with E-state index >= 15 is 0 Å². The van der Waals surface area contributed by atoms with Gasteiger partial charge in [0.05, 0.1) is 24.2 Å². The smallest absolute Gasteiger partial charge is 0.124 e. The number of fused-ring (bicyclic) bond motifs is 1. The SMILES string of the molecule is OCCN1CCN(Cc2nc3cc(Cl)ccc3n2Cc2ccccc2)CC1. The molecule has 0 unspecified atom stereocenters. The molecule has 4 rings (SSSR count). The number of aliphatic hydroxyl groups is 1. The van der Waals surface area contributed by atoms with E-state index in [0.29, 0.717) is 0 Å². The van der Waals surface area contributed by atoms with Gasteiger partial charge in [-0.25, -0.2) is 4.98 Å². The number of benzene rings is 2. The third-order valence-electron chi connectivity index (χ3n) is 5.22. The average molecular weight is 385 g/mol. The molecule has 0 spiro atoms. The highest BCUT2D eigenvalue weighted by Crippen LogP contribution is 2.23. The Morgan fingerprint density at radius 3 is 2.41 bits per heavy atom. The molecule has 27 heavy (non-hydrogen) atoms. The topological polar surface area (TPSA) is 44.5 Å². The fourth-order valence-corrected chi connectivity index (χ4v) is 3.89. The van der Waals surface area contributed by atoms with Crippen molar-refractivity contribution in [2.24, 2.45) is 0 Å². The first kappa shape index (κ1) is 18.4. The van der Waals surface area contributed by atoms with Crippen LogP contribution < -0.4 is 0 Å². The van der Waals surface area contributed by atoms with Crippen molar-refractivity contribution < 1.29 is 5.11 Å². The Hall–Kier alpha value is -1.92. The summed E-state index contributed by atoms with van der Waals surface area (Å²) in [5.41, 5.74) is 3.34. The highest BCUT2D eigenvalue weighted by atomic mass is 35.5. The van der Waals surface area contributed by atoms with Gasteiger partial charge in [0.2, 0.25) is 0 Å². The molecule has 2 heterocycles. The summed E-state index contributed by atoms with van der Waals surface area (Å²) in [5.74, 6) is 1.08. The summed E-state index contributed by atoms with van der Waals surface area (Å²) in [6.45, 7) is 6.60. The van der Waals surface area contributed by atoms with E-state index in [1.54, 1.807) is 0 Å². The molecule has 5 nitrogen and oxygen atoms in total. The van der Waals surface area contributed by atoms with E-state index in [-0.39, 0.29) is 6.61 Å². The third kappa shape index (κ3) is 4.33. The Morgan fingerprint density at radius 2 is 1.67 bits per heavy atom. The van der Waals surface area contributed by atoms with Gasteiger partial charge in [0.15, 0.2) is 0 Å². The molecule has 0 atom stereocenters. The van der Waals surface area contributed by atoms with E-state index in [0.717, 1.165) is 67.7 Å². The standard InChI is InChI=1S/C21H25ClN4O/c22-18-6-7-20-19(14-18)23-21(26(20)15-17-4-2-1-3-5-17)16-25-10-8-24(9-11-25)12-13-27/h1-7,14,27H,8-13,15-16H2. The first-order chi connectivity index (χ1) is 13.2. The highest BCUT2D eigenvalue weighted by molar-refractivity contribution is 6.31. The molecule has 1 saturated heterocycles. The predicted octanol–water partition coefficient (Wildman–Crippen LogP) is 2.85. The average Bonchev–Trinajstić information content (AvgIpc) is 3.00. The van der Waals surface area contributed by atoms with E-state index in [1.807, 2.05) is 18.2 Å². The molecule has 0 aliphatic carbocycles. The Kier molecular flexibility index (Phi) is 5.74. The Bertz CT molecular complexity index is 888. The van der Waals surface area contributed by atoms with Gasteiger partial charge in [-0.1, -0.05) is 41.9 Å². The Balaban J connectivity index is 1.58. The molecule has 3 aromatic rings. The van der Waals surface area contributed by atoms with Crippen molar-refractivity contribution in [2.75, 3.05) is 39.3 Å². The number of nitrogens with zero attached hydrogens (tertiary/aromatic N) is 4. The molecule has 0 bridgehead atoms. The second-order valence-electron chi connectivity index (χ2n) is 7.07. The predicted molar refractivity (Wildman–Crippen MR) is 109 cm³/mol. The van der Waals surface area contributed by atoms with Gasteiger partial charge in [-0.3, -0.25) is 9.80 Å². The minimum atomic E-state index is 0.230. The van der Waals surface area contributed by atoms with Gasteiger partial charge in [0, 0.05) is 44.3 Å². The van der Waals surface area contributed by atoms with Crippen LogP contribution >= 0.6 is 11.6 Å². The van der Waals surface area contributed by atoms with E-state index in [1.165, 1.54) is 5.56 Å². The fraction of sp³-hybridized carbons (Fsp3) is 0.381. The van der Waals surface area contributed by atoms with E-state index in [4.69, 9.17) is 21.7 Å². The lowest BCUT2D eigenvalue weighted by Crippen LogP contribution is -2.46. The zero-order valence-electron chi connectivity index (χ0n) is 15.4. The summed E-state index contributed by atoms with van der Waals surface area (Å²) in [7, 11) is 0. The maximum atomic E-state index is 9.12. The number of imidazole rings is 1. The van der Waals surface area contributed by atoms with Crippen molar-refractivity contribution in [3.63, 3.8) is 0 Å². The first-order valence-electron chi connectivity index (χ1n) is 9.47. The monoisotopic (exact) mass is 384 g/mol. The molecule has 0 amide bonds. The van der Waals surface area contributed by atoms with E-state index in [2.05, 4.69) is 44.7 Å². The minimum Gasteiger partial charge on any atom is -0.395 e. The second kappa shape index (κ2) is 8.40. The van der Waals surface area contributed by atoms with Gasteiger partial charge < -0.3 is 9.67 Å². The summed E-state index contributed by atoms with van der Waals surface area (Å²) in [6.07, 6.45) is 0. The molecule has 1 N–H and O–H groups in total. The molecular formula is C21H25ClN4O. The van der Waals surface area contributed by atoms with Crippen LogP contribution in [0.1, 0.15) is 11.4 Å². The lowest BCUT2D eigenvalue weighted by Gasteiger charge is -2.34. The lowest BCUT2D eigenvalue weighted by molar-refractivity contribution is 0.106. The number of rotatable bonds is 6. The Labute approximate surface area is 164 Å². The maximum absolute atomic E-state index is 9.12. The van der Waals surface area contributed by atoms with Crippen molar-refractivity contribution in [3.05, 3.63) is 64.9 Å². The summed E-state index contributed by atoms with van der Waals surface area (Å²) in [6, 6.07) is 16.4. The van der Waals surface area contributed by atoms with Crippen LogP contribution in [0.3, 0.4) is 0 Å². The zero-order valence-corrected chi connectivity index (χ0v) is 16.1.